The molecule has 0 aromatic rings. The average molecular weight is 288 g/mol. The lowest BCUT2D eigenvalue weighted by atomic mass is 10.1. The van der Waals surface area contributed by atoms with Gasteiger partial charge in [0.25, 0.3) is 0 Å². The van der Waals surface area contributed by atoms with E-state index in [2.05, 4.69) is 36.3 Å². The molecule has 3 heteroatoms. The van der Waals surface area contributed by atoms with Gasteiger partial charge >= 0.3 is 5.97 Å². The lowest BCUT2D eigenvalue weighted by Gasteiger charge is -1.97. The molecular weight excluding hydrogens is 264 g/mol. The number of aliphatic hydroxyl groups excluding tert-OH is 1. The Morgan fingerprint density at radius 3 is 2.52 bits per heavy atom. The van der Waals surface area contributed by atoms with Crippen molar-refractivity contribution in [3.63, 3.8) is 0 Å². The molecule has 0 heterocycles. The molecule has 1 atom stereocenters. The monoisotopic (exact) mass is 288 g/mol. The normalized spacial score (nSPS) is 11.1. The van der Waals surface area contributed by atoms with E-state index in [1.165, 1.54) is 6.08 Å². The van der Waals surface area contributed by atoms with Gasteiger partial charge in [0.2, 0.25) is 0 Å². The maximum Gasteiger partial charge on any atom is 0.303 e. The van der Waals surface area contributed by atoms with E-state index in [9.17, 15) is 4.79 Å². The van der Waals surface area contributed by atoms with Gasteiger partial charge in [-0.2, -0.15) is 0 Å². The second-order valence-electron chi connectivity index (χ2n) is 4.63. The van der Waals surface area contributed by atoms with Crippen LogP contribution in [0.15, 0.2) is 24.8 Å². The number of aliphatic carboxylic acids is 1. The third-order valence-corrected chi connectivity index (χ3v) is 2.74. The Morgan fingerprint density at radius 2 is 1.81 bits per heavy atom. The summed E-state index contributed by atoms with van der Waals surface area (Å²) in [5.41, 5.74) is 0. The molecule has 0 radical (unpaired) electrons. The number of carbonyl (C=O) groups is 1. The van der Waals surface area contributed by atoms with Gasteiger partial charge in [-0.25, -0.2) is 0 Å². The Morgan fingerprint density at radius 1 is 1.10 bits per heavy atom. The average Bonchev–Trinajstić information content (AvgIpc) is 2.46. The number of rotatable bonds is 10. The van der Waals surface area contributed by atoms with Crippen molar-refractivity contribution in [3.05, 3.63) is 24.8 Å². The van der Waals surface area contributed by atoms with Gasteiger partial charge < -0.3 is 10.2 Å². The highest BCUT2D eigenvalue weighted by atomic mass is 16.4. The molecule has 0 aliphatic heterocycles. The fourth-order valence-electron chi connectivity index (χ4n) is 1.59. The summed E-state index contributed by atoms with van der Waals surface area (Å²) in [6.07, 6.45) is 11.8. The summed E-state index contributed by atoms with van der Waals surface area (Å²) < 4.78 is 0. The van der Waals surface area contributed by atoms with E-state index in [0.29, 0.717) is 6.42 Å². The molecule has 0 spiro atoms. The first-order chi connectivity index (χ1) is 10.2. The topological polar surface area (TPSA) is 57.5 Å². The van der Waals surface area contributed by atoms with Crippen LogP contribution in [0, 0.1) is 23.7 Å². The minimum Gasteiger partial charge on any atom is -0.481 e. The zero-order valence-corrected chi connectivity index (χ0v) is 12.5. The molecule has 0 rings (SSSR count). The van der Waals surface area contributed by atoms with Gasteiger partial charge in [-0.3, -0.25) is 4.79 Å². The molecule has 3 nitrogen and oxygen atoms in total. The van der Waals surface area contributed by atoms with Crippen LogP contribution < -0.4 is 0 Å². The van der Waals surface area contributed by atoms with Gasteiger partial charge in [0.1, 0.15) is 6.10 Å². The zero-order chi connectivity index (χ0) is 15.8. The van der Waals surface area contributed by atoms with Crippen LogP contribution in [0.3, 0.4) is 0 Å². The minimum atomic E-state index is -0.801. The van der Waals surface area contributed by atoms with Crippen molar-refractivity contribution in [1.29, 1.82) is 0 Å². The fraction of sp³-hybridized carbons (Fsp3) is 0.500. The summed E-state index contributed by atoms with van der Waals surface area (Å²) >= 11 is 0. The highest BCUT2D eigenvalue weighted by Crippen LogP contribution is 2.07. The third kappa shape index (κ3) is 16.0. The molecule has 0 aliphatic rings. The highest BCUT2D eigenvalue weighted by Gasteiger charge is 1.95. The number of hydrogen-bond donors (Lipinski definition) is 2. The SMILES string of the molecule is C=C[C@H](O)C#CC#CC/C=C\CCCCCCCC(=O)O. The Balaban J connectivity index is 3.44. The van der Waals surface area contributed by atoms with Crippen LogP contribution in [0.5, 0.6) is 0 Å². The minimum absolute atomic E-state index is 0.283. The van der Waals surface area contributed by atoms with Crippen molar-refractivity contribution in [2.75, 3.05) is 0 Å². The molecule has 0 fully saturated rings. The van der Waals surface area contributed by atoms with Crippen LogP contribution in [-0.2, 0) is 4.79 Å². The molecular formula is C18H24O3. The van der Waals surface area contributed by atoms with E-state index in [-0.39, 0.29) is 6.42 Å². The largest absolute Gasteiger partial charge is 0.481 e. The van der Waals surface area contributed by atoms with Crippen LogP contribution in [-0.4, -0.2) is 22.3 Å². The Kier molecular flexibility index (Phi) is 13.1. The predicted molar refractivity (Wildman–Crippen MR) is 85.5 cm³/mol. The highest BCUT2D eigenvalue weighted by molar-refractivity contribution is 5.66. The summed E-state index contributed by atoms with van der Waals surface area (Å²) in [7, 11) is 0. The number of allylic oxidation sites excluding steroid dienone is 2. The zero-order valence-electron chi connectivity index (χ0n) is 12.5. The van der Waals surface area contributed by atoms with Crippen LogP contribution in [0.4, 0.5) is 0 Å². The van der Waals surface area contributed by atoms with E-state index in [0.717, 1.165) is 38.5 Å². The van der Waals surface area contributed by atoms with Gasteiger partial charge in [-0.1, -0.05) is 55.9 Å². The molecule has 0 aromatic carbocycles. The second kappa shape index (κ2) is 14.4. The van der Waals surface area contributed by atoms with Gasteiger partial charge in [0.05, 0.1) is 0 Å². The van der Waals surface area contributed by atoms with Crippen molar-refractivity contribution >= 4 is 5.97 Å². The van der Waals surface area contributed by atoms with E-state index < -0.39 is 12.1 Å². The quantitative estimate of drug-likeness (QED) is 0.368. The summed E-state index contributed by atoms with van der Waals surface area (Å²) in [6, 6.07) is 0. The second-order valence-corrected chi connectivity index (χ2v) is 4.63. The van der Waals surface area contributed by atoms with Crippen LogP contribution in [0.25, 0.3) is 0 Å². The Labute approximate surface area is 127 Å². The van der Waals surface area contributed by atoms with Crippen molar-refractivity contribution < 1.29 is 15.0 Å². The molecule has 21 heavy (non-hydrogen) atoms. The van der Waals surface area contributed by atoms with Crippen molar-refractivity contribution in [2.24, 2.45) is 0 Å². The van der Waals surface area contributed by atoms with E-state index in [1.807, 2.05) is 6.08 Å². The molecule has 0 aromatic heterocycles. The molecule has 0 saturated heterocycles. The lowest BCUT2D eigenvalue weighted by molar-refractivity contribution is -0.137. The first-order valence-electron chi connectivity index (χ1n) is 7.32. The maximum absolute atomic E-state index is 10.3. The van der Waals surface area contributed by atoms with Crippen LogP contribution in [0.1, 0.15) is 51.4 Å². The smallest absolute Gasteiger partial charge is 0.303 e. The van der Waals surface area contributed by atoms with E-state index in [4.69, 9.17) is 10.2 Å². The maximum atomic E-state index is 10.3. The number of carboxylic acids is 1. The Hall–Kier alpha value is -1.97. The van der Waals surface area contributed by atoms with Crippen molar-refractivity contribution in [3.8, 4) is 23.7 Å². The number of unbranched alkanes of at least 4 members (excludes halogenated alkanes) is 5. The number of aliphatic hydroxyl groups is 1. The summed E-state index contributed by atoms with van der Waals surface area (Å²) in [4.78, 5) is 10.3. The third-order valence-electron chi connectivity index (χ3n) is 2.74. The van der Waals surface area contributed by atoms with Gasteiger partial charge in [-0.05, 0) is 31.1 Å². The summed E-state index contributed by atoms with van der Waals surface area (Å²) in [5, 5.41) is 17.5. The predicted octanol–water partition coefficient (Wildman–Crippen LogP) is 3.30. The standard InChI is InChI=1S/C18H24O3/c1-2-17(19)15-13-11-9-7-5-3-4-6-8-10-12-14-16-18(20)21/h2-3,5,17,19H,1,4,6-8,10,12,14,16H2,(H,20,21)/b5-3-/t17-/m0/s1. The van der Waals surface area contributed by atoms with Gasteiger partial charge in [0, 0.05) is 12.8 Å². The van der Waals surface area contributed by atoms with Crippen LogP contribution in [0.2, 0.25) is 0 Å². The van der Waals surface area contributed by atoms with E-state index >= 15 is 0 Å². The number of carboxylic acid groups (broad SMARTS) is 1. The molecule has 0 saturated carbocycles. The molecule has 2 N–H and O–H groups in total. The number of hydrogen-bond acceptors (Lipinski definition) is 2. The van der Waals surface area contributed by atoms with Gasteiger partial charge in [0.15, 0.2) is 0 Å². The lowest BCUT2D eigenvalue weighted by Crippen LogP contribution is -1.94. The molecule has 0 unspecified atom stereocenters. The summed E-state index contributed by atoms with van der Waals surface area (Å²) in [6.45, 7) is 3.41. The first-order valence-corrected chi connectivity index (χ1v) is 7.32. The molecule has 114 valence electrons. The fourth-order valence-corrected chi connectivity index (χ4v) is 1.59. The molecule has 0 amide bonds. The Bertz CT molecular complexity index is 441. The molecule has 0 bridgehead atoms. The van der Waals surface area contributed by atoms with Crippen molar-refractivity contribution in [2.45, 2.75) is 57.5 Å². The van der Waals surface area contributed by atoms with Crippen LogP contribution >= 0.6 is 0 Å². The van der Waals surface area contributed by atoms with Gasteiger partial charge in [-0.15, -0.1) is 0 Å². The van der Waals surface area contributed by atoms with Crippen molar-refractivity contribution in [1.82, 2.24) is 0 Å². The first kappa shape index (κ1) is 19.0. The summed E-state index contributed by atoms with van der Waals surface area (Å²) in [5.74, 6) is 9.94. The molecule has 0 aliphatic carbocycles. The van der Waals surface area contributed by atoms with E-state index in [1.54, 1.807) is 0 Å².